The Labute approximate surface area is 67.1 Å². The van der Waals surface area contributed by atoms with E-state index in [1.807, 2.05) is 12.1 Å². The van der Waals surface area contributed by atoms with Crippen molar-refractivity contribution in [2.45, 2.75) is 19.8 Å². The van der Waals surface area contributed by atoms with Crippen LogP contribution in [-0.2, 0) is 0 Å². The van der Waals surface area contributed by atoms with Crippen molar-refractivity contribution in [1.82, 2.24) is 10.2 Å². The Kier molecular flexibility index (Phi) is 3.96. The van der Waals surface area contributed by atoms with Gasteiger partial charge in [0.05, 0.1) is 5.69 Å². The van der Waals surface area contributed by atoms with E-state index >= 15 is 0 Å². The van der Waals surface area contributed by atoms with E-state index in [2.05, 4.69) is 24.0 Å². The van der Waals surface area contributed by atoms with Gasteiger partial charge in [-0.15, -0.1) is 12.4 Å². The molecule has 56 valence electrons. The highest BCUT2D eigenvalue weighted by Crippen LogP contribution is 2.07. The maximum atomic E-state index is 3.93. The molecule has 0 aliphatic rings. The molecule has 1 aromatic heterocycles. The minimum absolute atomic E-state index is 0. The summed E-state index contributed by atoms with van der Waals surface area (Å²) in [4.78, 5) is 0. The van der Waals surface area contributed by atoms with Crippen LogP contribution in [0.25, 0.3) is 0 Å². The van der Waals surface area contributed by atoms with Crippen LogP contribution in [0, 0.1) is 0 Å². The third-order valence-electron chi connectivity index (χ3n) is 1.18. The minimum atomic E-state index is 0. The molecule has 0 aliphatic heterocycles. The van der Waals surface area contributed by atoms with Crippen LogP contribution in [0.15, 0.2) is 18.3 Å². The normalized spacial score (nSPS) is 9.10. The Morgan fingerprint density at radius 1 is 1.40 bits per heavy atom. The zero-order valence-corrected chi connectivity index (χ0v) is 6.93. The topological polar surface area (TPSA) is 25.8 Å². The first-order chi connectivity index (χ1) is 4.30. The first kappa shape index (κ1) is 9.37. The maximum absolute atomic E-state index is 3.93. The number of hydrogen-bond donors (Lipinski definition) is 0. The summed E-state index contributed by atoms with van der Waals surface area (Å²) >= 11 is 0. The van der Waals surface area contributed by atoms with Gasteiger partial charge < -0.3 is 0 Å². The molecule has 0 spiro atoms. The fourth-order valence-corrected chi connectivity index (χ4v) is 0.621. The summed E-state index contributed by atoms with van der Waals surface area (Å²) in [7, 11) is 0. The van der Waals surface area contributed by atoms with E-state index in [0.29, 0.717) is 5.92 Å². The SMILES string of the molecule is CC(C)c1cccnn1.Cl. The molecule has 0 saturated carbocycles. The molecule has 0 atom stereocenters. The van der Waals surface area contributed by atoms with Crippen LogP contribution in [0.3, 0.4) is 0 Å². The minimum Gasteiger partial charge on any atom is -0.159 e. The van der Waals surface area contributed by atoms with Gasteiger partial charge in [-0.3, -0.25) is 0 Å². The average Bonchev–Trinajstić information content (AvgIpc) is 1.90. The first-order valence-electron chi connectivity index (χ1n) is 3.08. The fraction of sp³-hybridized carbons (Fsp3) is 0.429. The second-order valence-electron chi connectivity index (χ2n) is 2.30. The quantitative estimate of drug-likeness (QED) is 0.625. The Bertz CT molecular complexity index is 174. The highest BCUT2D eigenvalue weighted by Gasteiger charge is 1.96. The molecule has 1 aromatic rings. The third-order valence-corrected chi connectivity index (χ3v) is 1.18. The summed E-state index contributed by atoms with van der Waals surface area (Å²) in [6.07, 6.45) is 1.69. The van der Waals surface area contributed by atoms with Gasteiger partial charge in [0.1, 0.15) is 0 Å². The lowest BCUT2D eigenvalue weighted by molar-refractivity contribution is 0.785. The fourth-order valence-electron chi connectivity index (χ4n) is 0.621. The van der Waals surface area contributed by atoms with Crippen molar-refractivity contribution in [3.63, 3.8) is 0 Å². The van der Waals surface area contributed by atoms with E-state index in [1.54, 1.807) is 6.20 Å². The summed E-state index contributed by atoms with van der Waals surface area (Å²) in [6.45, 7) is 4.20. The van der Waals surface area contributed by atoms with Crippen molar-refractivity contribution >= 4 is 12.4 Å². The molecule has 10 heavy (non-hydrogen) atoms. The van der Waals surface area contributed by atoms with Gasteiger partial charge in [0.25, 0.3) is 0 Å². The van der Waals surface area contributed by atoms with Crippen molar-refractivity contribution in [2.24, 2.45) is 0 Å². The Morgan fingerprint density at radius 2 is 2.10 bits per heavy atom. The molecule has 0 N–H and O–H groups in total. The van der Waals surface area contributed by atoms with Crippen LogP contribution in [0.4, 0.5) is 0 Å². The zero-order chi connectivity index (χ0) is 6.69. The molecule has 1 rings (SSSR count). The van der Waals surface area contributed by atoms with E-state index in [9.17, 15) is 0 Å². The molecule has 0 amide bonds. The predicted octanol–water partition coefficient (Wildman–Crippen LogP) is 2.02. The summed E-state index contributed by atoms with van der Waals surface area (Å²) < 4.78 is 0. The average molecular weight is 159 g/mol. The van der Waals surface area contributed by atoms with Crippen LogP contribution >= 0.6 is 12.4 Å². The van der Waals surface area contributed by atoms with Crippen molar-refractivity contribution < 1.29 is 0 Å². The standard InChI is InChI=1S/C7H10N2.ClH/c1-6(2)7-4-3-5-8-9-7;/h3-6H,1-2H3;1H. The molecule has 1 heterocycles. The van der Waals surface area contributed by atoms with Gasteiger partial charge in [-0.05, 0) is 18.1 Å². The molecule has 2 nitrogen and oxygen atoms in total. The molecule has 0 bridgehead atoms. The molecule has 3 heteroatoms. The first-order valence-corrected chi connectivity index (χ1v) is 3.08. The second kappa shape index (κ2) is 4.23. The zero-order valence-electron chi connectivity index (χ0n) is 6.11. The van der Waals surface area contributed by atoms with Gasteiger partial charge in [-0.1, -0.05) is 13.8 Å². The third kappa shape index (κ3) is 2.31. The molecule has 0 unspecified atom stereocenters. The van der Waals surface area contributed by atoms with Crippen LogP contribution in [0.2, 0.25) is 0 Å². The molecule has 0 radical (unpaired) electrons. The number of hydrogen-bond acceptors (Lipinski definition) is 2. The smallest absolute Gasteiger partial charge is 0.0656 e. The number of nitrogens with zero attached hydrogens (tertiary/aromatic N) is 2. The van der Waals surface area contributed by atoms with Gasteiger partial charge in [0.2, 0.25) is 0 Å². The highest BCUT2D eigenvalue weighted by atomic mass is 35.5. The molecular formula is C7H11ClN2. The monoisotopic (exact) mass is 158 g/mol. The molecular weight excluding hydrogens is 148 g/mol. The summed E-state index contributed by atoms with van der Waals surface area (Å²) in [5.41, 5.74) is 1.05. The highest BCUT2D eigenvalue weighted by molar-refractivity contribution is 5.85. The summed E-state index contributed by atoms with van der Waals surface area (Å²) in [6, 6.07) is 3.89. The van der Waals surface area contributed by atoms with Gasteiger partial charge in [0.15, 0.2) is 0 Å². The van der Waals surface area contributed by atoms with E-state index in [0.717, 1.165) is 5.69 Å². The van der Waals surface area contributed by atoms with Crippen LogP contribution in [-0.4, -0.2) is 10.2 Å². The van der Waals surface area contributed by atoms with E-state index in [4.69, 9.17) is 0 Å². The van der Waals surface area contributed by atoms with Crippen molar-refractivity contribution in [1.29, 1.82) is 0 Å². The van der Waals surface area contributed by atoms with E-state index in [1.165, 1.54) is 0 Å². The maximum Gasteiger partial charge on any atom is 0.0656 e. The Hall–Kier alpha value is -0.630. The van der Waals surface area contributed by atoms with Gasteiger partial charge in [-0.25, -0.2) is 0 Å². The van der Waals surface area contributed by atoms with Crippen molar-refractivity contribution in [2.75, 3.05) is 0 Å². The molecule has 0 fully saturated rings. The molecule has 0 aromatic carbocycles. The largest absolute Gasteiger partial charge is 0.159 e. The summed E-state index contributed by atoms with van der Waals surface area (Å²) in [5, 5.41) is 7.68. The molecule has 0 saturated heterocycles. The van der Waals surface area contributed by atoms with Crippen molar-refractivity contribution in [3.8, 4) is 0 Å². The molecule has 0 aliphatic carbocycles. The van der Waals surface area contributed by atoms with Gasteiger partial charge in [0, 0.05) is 6.20 Å². The number of halogens is 1. The summed E-state index contributed by atoms with van der Waals surface area (Å²) in [5.74, 6) is 0.485. The van der Waals surface area contributed by atoms with Gasteiger partial charge in [-0.2, -0.15) is 10.2 Å². The van der Waals surface area contributed by atoms with Gasteiger partial charge >= 0.3 is 0 Å². The number of rotatable bonds is 1. The van der Waals surface area contributed by atoms with Crippen molar-refractivity contribution in [3.05, 3.63) is 24.0 Å². The van der Waals surface area contributed by atoms with Crippen LogP contribution in [0.1, 0.15) is 25.5 Å². The van der Waals surface area contributed by atoms with Crippen LogP contribution < -0.4 is 0 Å². The lowest BCUT2D eigenvalue weighted by Crippen LogP contribution is -1.92. The van der Waals surface area contributed by atoms with Crippen LogP contribution in [0.5, 0.6) is 0 Å². The predicted molar refractivity (Wildman–Crippen MR) is 43.4 cm³/mol. The lowest BCUT2D eigenvalue weighted by Gasteiger charge is -1.98. The second-order valence-corrected chi connectivity index (χ2v) is 2.30. The lowest BCUT2D eigenvalue weighted by atomic mass is 10.1. The Morgan fingerprint density at radius 3 is 2.40 bits per heavy atom. The van der Waals surface area contributed by atoms with E-state index in [-0.39, 0.29) is 12.4 Å². The Balaban J connectivity index is 0.000000810. The number of aromatic nitrogens is 2. The van der Waals surface area contributed by atoms with E-state index < -0.39 is 0 Å².